The molecule has 0 N–H and O–H groups in total. The van der Waals surface area contributed by atoms with E-state index in [-0.39, 0.29) is 12.3 Å². The van der Waals surface area contributed by atoms with Gasteiger partial charge in [0.2, 0.25) is 0 Å². The first-order valence-electron chi connectivity index (χ1n) is 9.50. The van der Waals surface area contributed by atoms with Gasteiger partial charge >= 0.3 is 5.69 Å². The molecule has 29 heavy (non-hydrogen) atoms. The molecule has 2 aromatic carbocycles. The van der Waals surface area contributed by atoms with E-state index in [2.05, 4.69) is 21.6 Å². The fraction of sp³-hybridized carbons (Fsp3) is 0.333. The summed E-state index contributed by atoms with van der Waals surface area (Å²) in [7, 11) is 3.21. The Hall–Kier alpha value is -3.42. The van der Waals surface area contributed by atoms with Gasteiger partial charge in [0.25, 0.3) is 0 Å². The van der Waals surface area contributed by atoms with Gasteiger partial charge in [-0.2, -0.15) is 9.36 Å². The molecule has 8 heteroatoms. The molecule has 0 amide bonds. The minimum atomic E-state index is -0.296. The van der Waals surface area contributed by atoms with Gasteiger partial charge < -0.3 is 9.57 Å². The summed E-state index contributed by atoms with van der Waals surface area (Å²) >= 11 is 0. The van der Waals surface area contributed by atoms with Crippen molar-refractivity contribution < 1.29 is 9.57 Å². The third-order valence-corrected chi connectivity index (χ3v) is 5.05. The van der Waals surface area contributed by atoms with Gasteiger partial charge in [0.05, 0.1) is 18.5 Å². The molecule has 0 unspecified atom stereocenters. The zero-order valence-electron chi connectivity index (χ0n) is 16.7. The lowest BCUT2D eigenvalue weighted by Crippen LogP contribution is -2.23. The van der Waals surface area contributed by atoms with Crippen LogP contribution < -0.4 is 10.4 Å². The number of nitrogens with zero attached hydrogens (tertiary/aromatic N) is 5. The Morgan fingerprint density at radius 2 is 2.00 bits per heavy atom. The molecule has 1 fully saturated rings. The average Bonchev–Trinajstić information content (AvgIpc) is 3.54. The molecular weight excluding hydrogens is 370 g/mol. The van der Waals surface area contributed by atoms with Crippen LogP contribution in [0.25, 0.3) is 5.69 Å². The molecule has 150 valence electrons. The fourth-order valence-corrected chi connectivity index (χ4v) is 3.28. The molecule has 0 aliphatic heterocycles. The zero-order chi connectivity index (χ0) is 20.4. The maximum absolute atomic E-state index is 12.4. The first-order chi connectivity index (χ1) is 14.1. The highest BCUT2D eigenvalue weighted by molar-refractivity contribution is 5.98. The van der Waals surface area contributed by atoms with E-state index in [1.807, 2.05) is 43.3 Å². The van der Waals surface area contributed by atoms with Crippen LogP contribution in [-0.4, -0.2) is 32.6 Å². The van der Waals surface area contributed by atoms with Gasteiger partial charge in [0.1, 0.15) is 12.4 Å². The third-order valence-electron chi connectivity index (χ3n) is 5.05. The lowest BCUT2D eigenvalue weighted by Gasteiger charge is -2.13. The van der Waals surface area contributed by atoms with Crippen molar-refractivity contribution in [2.24, 2.45) is 12.2 Å². The lowest BCUT2D eigenvalue weighted by atomic mass is 10.0. The third kappa shape index (κ3) is 3.91. The number of aromatic nitrogens is 4. The highest BCUT2D eigenvalue weighted by atomic mass is 16.6. The van der Waals surface area contributed by atoms with Crippen molar-refractivity contribution in [3.05, 3.63) is 69.6 Å². The summed E-state index contributed by atoms with van der Waals surface area (Å²) in [5.41, 5.74) is 4.14. The summed E-state index contributed by atoms with van der Waals surface area (Å²) in [4.78, 5) is 18.1. The Morgan fingerprint density at radius 1 is 1.21 bits per heavy atom. The molecule has 1 aromatic heterocycles. The van der Waals surface area contributed by atoms with Crippen LogP contribution >= 0.6 is 0 Å². The van der Waals surface area contributed by atoms with Gasteiger partial charge in [-0.3, -0.25) is 0 Å². The number of ether oxygens (including phenoxy) is 1. The van der Waals surface area contributed by atoms with Crippen LogP contribution in [0.15, 0.2) is 52.4 Å². The Labute approximate surface area is 168 Å². The molecular formula is C21H23N5O3. The summed E-state index contributed by atoms with van der Waals surface area (Å²) in [5.74, 6) is 1.25. The Balaban J connectivity index is 1.62. The van der Waals surface area contributed by atoms with E-state index in [4.69, 9.17) is 9.57 Å². The smallest absolute Gasteiger partial charge is 0.368 e. The standard InChI is InChI=1S/C21H23N5O3/c1-14(16-6-4-7-17(12-16)28-3)22-29-13-19-18(15-10-11-15)8-5-9-20(19)26-21(27)25(2)23-24-26/h4-9,12,15H,10-11,13H2,1-3H3. The highest BCUT2D eigenvalue weighted by Gasteiger charge is 2.28. The predicted octanol–water partition coefficient (Wildman–Crippen LogP) is 2.79. The quantitative estimate of drug-likeness (QED) is 0.455. The lowest BCUT2D eigenvalue weighted by molar-refractivity contribution is 0.129. The number of methoxy groups -OCH3 is 1. The maximum atomic E-state index is 12.4. The second kappa shape index (κ2) is 7.90. The van der Waals surface area contributed by atoms with Crippen molar-refractivity contribution >= 4 is 5.71 Å². The predicted molar refractivity (Wildman–Crippen MR) is 109 cm³/mol. The number of oxime groups is 1. The first-order valence-corrected chi connectivity index (χ1v) is 9.50. The highest BCUT2D eigenvalue weighted by Crippen LogP contribution is 2.42. The van der Waals surface area contributed by atoms with E-state index in [9.17, 15) is 4.79 Å². The first kappa shape index (κ1) is 18.9. The van der Waals surface area contributed by atoms with Crippen LogP contribution in [-0.2, 0) is 18.5 Å². The fourth-order valence-electron chi connectivity index (χ4n) is 3.28. The van der Waals surface area contributed by atoms with Gasteiger partial charge in [-0.25, -0.2) is 4.79 Å². The number of hydrogen-bond acceptors (Lipinski definition) is 6. The largest absolute Gasteiger partial charge is 0.497 e. The van der Waals surface area contributed by atoms with Crippen LogP contribution in [0, 0.1) is 0 Å². The number of tetrazole rings is 1. The number of rotatable bonds is 7. The number of benzene rings is 2. The summed E-state index contributed by atoms with van der Waals surface area (Å²) in [6.07, 6.45) is 2.27. The van der Waals surface area contributed by atoms with Gasteiger partial charge in [-0.05, 0) is 59.9 Å². The molecule has 0 radical (unpaired) electrons. The second-order valence-electron chi connectivity index (χ2n) is 7.10. The molecule has 1 aliphatic carbocycles. The minimum absolute atomic E-state index is 0.242. The van der Waals surface area contributed by atoms with Crippen molar-refractivity contribution in [2.75, 3.05) is 7.11 Å². The Bertz CT molecular complexity index is 1110. The molecule has 1 saturated carbocycles. The van der Waals surface area contributed by atoms with E-state index in [0.717, 1.165) is 35.4 Å². The Kier molecular flexibility index (Phi) is 5.16. The van der Waals surface area contributed by atoms with E-state index in [0.29, 0.717) is 11.6 Å². The summed E-state index contributed by atoms with van der Waals surface area (Å²) in [6, 6.07) is 13.5. The number of aryl methyl sites for hydroxylation is 1. The maximum Gasteiger partial charge on any atom is 0.368 e. The van der Waals surface area contributed by atoms with Crippen LogP contribution in [0.1, 0.15) is 42.4 Å². The van der Waals surface area contributed by atoms with E-state index in [1.165, 1.54) is 14.9 Å². The van der Waals surface area contributed by atoms with Crippen LogP contribution in [0.3, 0.4) is 0 Å². The molecule has 0 bridgehead atoms. The van der Waals surface area contributed by atoms with E-state index >= 15 is 0 Å². The molecule has 0 spiro atoms. The van der Waals surface area contributed by atoms with Gasteiger partial charge in [0, 0.05) is 18.2 Å². The number of hydrogen-bond donors (Lipinski definition) is 0. The average molecular weight is 393 g/mol. The van der Waals surface area contributed by atoms with Crippen LogP contribution in [0.4, 0.5) is 0 Å². The van der Waals surface area contributed by atoms with Crippen molar-refractivity contribution in [3.8, 4) is 11.4 Å². The van der Waals surface area contributed by atoms with Crippen LogP contribution in [0.5, 0.6) is 5.75 Å². The van der Waals surface area contributed by atoms with Crippen molar-refractivity contribution in [1.82, 2.24) is 19.8 Å². The normalized spacial score (nSPS) is 14.1. The molecule has 1 aliphatic rings. The van der Waals surface area contributed by atoms with E-state index < -0.39 is 0 Å². The van der Waals surface area contributed by atoms with Crippen molar-refractivity contribution in [3.63, 3.8) is 0 Å². The van der Waals surface area contributed by atoms with Gasteiger partial charge in [0.15, 0.2) is 0 Å². The summed E-state index contributed by atoms with van der Waals surface area (Å²) in [6.45, 7) is 2.13. The second-order valence-corrected chi connectivity index (χ2v) is 7.10. The topological polar surface area (TPSA) is 83.5 Å². The molecule has 8 nitrogen and oxygen atoms in total. The zero-order valence-corrected chi connectivity index (χ0v) is 16.7. The molecule has 0 saturated heterocycles. The molecule has 0 atom stereocenters. The van der Waals surface area contributed by atoms with Crippen LogP contribution in [0.2, 0.25) is 0 Å². The molecule has 4 rings (SSSR count). The van der Waals surface area contributed by atoms with Crippen molar-refractivity contribution in [1.29, 1.82) is 0 Å². The summed E-state index contributed by atoms with van der Waals surface area (Å²) in [5, 5.41) is 12.1. The minimum Gasteiger partial charge on any atom is -0.497 e. The van der Waals surface area contributed by atoms with Gasteiger partial charge in [-0.15, -0.1) is 0 Å². The van der Waals surface area contributed by atoms with Gasteiger partial charge in [-0.1, -0.05) is 29.4 Å². The van der Waals surface area contributed by atoms with Crippen molar-refractivity contribution in [2.45, 2.75) is 32.3 Å². The molecule has 1 heterocycles. The van der Waals surface area contributed by atoms with E-state index in [1.54, 1.807) is 14.2 Å². The Morgan fingerprint density at radius 3 is 2.69 bits per heavy atom. The molecule has 3 aromatic rings. The summed E-state index contributed by atoms with van der Waals surface area (Å²) < 4.78 is 7.78. The monoisotopic (exact) mass is 393 g/mol. The SMILES string of the molecule is COc1cccc(C(C)=NOCc2c(C3CC3)cccc2-n2nnn(C)c2=O)c1.